The van der Waals surface area contributed by atoms with Gasteiger partial charge in [-0.2, -0.15) is 0 Å². The number of amides is 1. The first kappa shape index (κ1) is 23.7. The summed E-state index contributed by atoms with van der Waals surface area (Å²) in [6.45, 7) is 7.11. The van der Waals surface area contributed by atoms with Gasteiger partial charge in [0.25, 0.3) is 5.91 Å². The van der Waals surface area contributed by atoms with E-state index in [0.717, 1.165) is 23.1 Å². The van der Waals surface area contributed by atoms with Crippen molar-refractivity contribution in [2.75, 3.05) is 0 Å². The second-order valence-electron chi connectivity index (χ2n) is 10.2. The van der Waals surface area contributed by atoms with E-state index in [1.165, 1.54) is 45.8 Å². The minimum atomic E-state index is -0.113. The van der Waals surface area contributed by atoms with E-state index in [9.17, 15) is 4.79 Å². The fourth-order valence-corrected chi connectivity index (χ4v) is 6.07. The van der Waals surface area contributed by atoms with Crippen LogP contribution in [0.4, 0.5) is 0 Å². The molecule has 37 heavy (non-hydrogen) atoms. The van der Waals surface area contributed by atoms with Crippen LogP contribution in [0.2, 0.25) is 0 Å². The summed E-state index contributed by atoms with van der Waals surface area (Å²) in [4.78, 5) is 17.9. The number of rotatable bonds is 7. The van der Waals surface area contributed by atoms with E-state index in [-0.39, 0.29) is 11.9 Å². The molecular formula is C32H31N3OS. The summed E-state index contributed by atoms with van der Waals surface area (Å²) in [5.41, 5.74) is 8.94. The smallest absolute Gasteiger partial charge is 0.251 e. The van der Waals surface area contributed by atoms with Gasteiger partial charge in [0, 0.05) is 40.0 Å². The van der Waals surface area contributed by atoms with E-state index in [4.69, 9.17) is 4.98 Å². The summed E-state index contributed by atoms with van der Waals surface area (Å²) in [5.74, 6) is 0.581. The summed E-state index contributed by atoms with van der Waals surface area (Å²) < 4.78 is 2.35. The molecule has 0 radical (unpaired) electrons. The first-order valence-electron chi connectivity index (χ1n) is 13.0. The van der Waals surface area contributed by atoms with E-state index in [1.54, 1.807) is 11.3 Å². The molecule has 1 aliphatic rings. The van der Waals surface area contributed by atoms with Gasteiger partial charge in [0.1, 0.15) is 0 Å². The largest absolute Gasteiger partial charge is 0.344 e. The van der Waals surface area contributed by atoms with E-state index in [2.05, 4.69) is 83.7 Å². The SMILES string of the molecule is Cc1c(C)n(Cc2ccc(-c3ccccc3)cc2)c2ccc(C(=O)N[C@@H](C)c3csc(C4CC4)n3)cc12. The fraction of sp³-hybridized carbons (Fsp3) is 0.250. The van der Waals surface area contributed by atoms with Gasteiger partial charge in [-0.25, -0.2) is 4.98 Å². The highest BCUT2D eigenvalue weighted by molar-refractivity contribution is 7.09. The Hall–Kier alpha value is -3.70. The van der Waals surface area contributed by atoms with Crippen molar-refractivity contribution in [2.24, 2.45) is 0 Å². The molecular weight excluding hydrogens is 474 g/mol. The van der Waals surface area contributed by atoms with Crippen molar-refractivity contribution in [3.8, 4) is 11.1 Å². The van der Waals surface area contributed by atoms with Crippen LogP contribution in [0.3, 0.4) is 0 Å². The minimum Gasteiger partial charge on any atom is -0.344 e. The monoisotopic (exact) mass is 505 g/mol. The van der Waals surface area contributed by atoms with Crippen LogP contribution in [0.1, 0.15) is 69.6 Å². The third-order valence-corrected chi connectivity index (χ3v) is 8.59. The minimum absolute atomic E-state index is 0.0586. The molecule has 0 saturated heterocycles. The number of benzene rings is 3. The molecule has 0 bridgehead atoms. The average Bonchev–Trinajstić information content (AvgIpc) is 3.61. The molecule has 1 fully saturated rings. The maximum Gasteiger partial charge on any atom is 0.251 e. The summed E-state index contributed by atoms with van der Waals surface area (Å²) in [6, 6.07) is 25.2. The van der Waals surface area contributed by atoms with Crippen LogP contribution in [-0.2, 0) is 6.54 Å². The van der Waals surface area contributed by atoms with Crippen molar-refractivity contribution in [3.05, 3.63) is 111 Å². The highest BCUT2D eigenvalue weighted by atomic mass is 32.1. The predicted molar refractivity (Wildman–Crippen MR) is 152 cm³/mol. The van der Waals surface area contributed by atoms with Gasteiger partial charge in [0.05, 0.1) is 16.7 Å². The molecule has 0 unspecified atom stereocenters. The zero-order valence-electron chi connectivity index (χ0n) is 21.5. The van der Waals surface area contributed by atoms with Crippen molar-refractivity contribution in [3.63, 3.8) is 0 Å². The number of nitrogens with one attached hydrogen (secondary N) is 1. The van der Waals surface area contributed by atoms with Crippen LogP contribution in [0, 0.1) is 13.8 Å². The molecule has 3 aromatic carbocycles. The van der Waals surface area contributed by atoms with Crippen LogP contribution in [0.15, 0.2) is 78.2 Å². The lowest BCUT2D eigenvalue weighted by Gasteiger charge is -2.12. The van der Waals surface area contributed by atoms with Crippen molar-refractivity contribution in [2.45, 2.75) is 52.1 Å². The Morgan fingerprint density at radius 3 is 2.49 bits per heavy atom. The quantitative estimate of drug-likeness (QED) is 0.245. The molecule has 4 nitrogen and oxygen atoms in total. The standard InChI is InChI=1S/C32H31N3OS/c1-20-22(3)35(18-23-9-11-25(12-10-23)24-7-5-4-6-8-24)30-16-15-27(17-28(20)30)31(36)33-21(2)29-19-37-32(34-29)26-13-14-26/h4-12,15-17,19,21,26H,13-14,18H2,1-3H3,(H,33,36)/t21-/m0/s1. The predicted octanol–water partition coefficient (Wildman–Crippen LogP) is 7.80. The van der Waals surface area contributed by atoms with Gasteiger partial charge in [-0.05, 0) is 74.1 Å². The molecule has 5 aromatic rings. The van der Waals surface area contributed by atoms with E-state index in [1.807, 2.05) is 25.1 Å². The molecule has 1 saturated carbocycles. The van der Waals surface area contributed by atoms with Crippen LogP contribution < -0.4 is 5.32 Å². The number of fused-ring (bicyclic) bond motifs is 1. The lowest BCUT2D eigenvalue weighted by atomic mass is 10.0. The van der Waals surface area contributed by atoms with Gasteiger partial charge in [0.2, 0.25) is 0 Å². The third kappa shape index (κ3) is 4.72. The number of carbonyl (C=O) groups is 1. The average molecular weight is 506 g/mol. The molecule has 0 aliphatic heterocycles. The molecule has 186 valence electrons. The number of aryl methyl sites for hydroxylation is 1. The summed E-state index contributed by atoms with van der Waals surface area (Å²) in [5, 5.41) is 7.57. The van der Waals surface area contributed by atoms with Crippen molar-refractivity contribution >= 4 is 28.1 Å². The van der Waals surface area contributed by atoms with Crippen molar-refractivity contribution in [1.29, 1.82) is 0 Å². The lowest BCUT2D eigenvalue weighted by molar-refractivity contribution is 0.0939. The molecule has 2 aromatic heterocycles. The second-order valence-corrected chi connectivity index (χ2v) is 11.1. The van der Waals surface area contributed by atoms with E-state index in [0.29, 0.717) is 11.5 Å². The maximum absolute atomic E-state index is 13.1. The number of thiazole rings is 1. The Bertz CT molecular complexity index is 1580. The van der Waals surface area contributed by atoms with Crippen molar-refractivity contribution in [1.82, 2.24) is 14.9 Å². The highest BCUT2D eigenvalue weighted by Crippen LogP contribution is 2.41. The molecule has 1 aliphatic carbocycles. The van der Waals surface area contributed by atoms with E-state index < -0.39 is 0 Å². The topological polar surface area (TPSA) is 46.9 Å². The Morgan fingerprint density at radius 1 is 1.03 bits per heavy atom. The van der Waals surface area contributed by atoms with E-state index >= 15 is 0 Å². The normalized spacial score (nSPS) is 14.1. The lowest BCUT2D eigenvalue weighted by Crippen LogP contribution is -2.26. The van der Waals surface area contributed by atoms with Crippen LogP contribution in [0.5, 0.6) is 0 Å². The number of nitrogens with zero attached hydrogens (tertiary/aromatic N) is 2. The molecule has 5 heteroatoms. The third-order valence-electron chi connectivity index (χ3n) is 7.56. The van der Waals surface area contributed by atoms with Crippen LogP contribution >= 0.6 is 11.3 Å². The number of aromatic nitrogens is 2. The van der Waals surface area contributed by atoms with Gasteiger partial charge in [0.15, 0.2) is 0 Å². The Kier molecular flexibility index (Phi) is 6.17. The number of hydrogen-bond donors (Lipinski definition) is 1. The molecule has 0 spiro atoms. The molecule has 2 heterocycles. The summed E-state index contributed by atoms with van der Waals surface area (Å²) in [6.07, 6.45) is 2.48. The first-order valence-corrected chi connectivity index (χ1v) is 13.9. The summed E-state index contributed by atoms with van der Waals surface area (Å²) >= 11 is 1.71. The van der Waals surface area contributed by atoms with Gasteiger partial charge < -0.3 is 9.88 Å². The van der Waals surface area contributed by atoms with Gasteiger partial charge in [-0.3, -0.25) is 4.79 Å². The van der Waals surface area contributed by atoms with Gasteiger partial charge >= 0.3 is 0 Å². The number of carbonyl (C=O) groups excluding carboxylic acids is 1. The van der Waals surface area contributed by atoms with Crippen LogP contribution in [-0.4, -0.2) is 15.5 Å². The highest BCUT2D eigenvalue weighted by Gasteiger charge is 2.27. The zero-order valence-corrected chi connectivity index (χ0v) is 22.3. The number of hydrogen-bond acceptors (Lipinski definition) is 3. The van der Waals surface area contributed by atoms with Gasteiger partial charge in [-0.15, -0.1) is 11.3 Å². The summed E-state index contributed by atoms with van der Waals surface area (Å²) in [7, 11) is 0. The maximum atomic E-state index is 13.1. The molecule has 1 amide bonds. The Balaban J connectivity index is 1.21. The first-order chi connectivity index (χ1) is 18.0. The van der Waals surface area contributed by atoms with Crippen LogP contribution in [0.25, 0.3) is 22.0 Å². The molecule has 1 atom stereocenters. The second kappa shape index (κ2) is 9.64. The fourth-order valence-electron chi connectivity index (χ4n) is 4.98. The Morgan fingerprint density at radius 2 is 1.76 bits per heavy atom. The molecule has 6 rings (SSSR count). The van der Waals surface area contributed by atoms with Gasteiger partial charge in [-0.1, -0.05) is 54.6 Å². The Labute approximate surface area is 222 Å². The van der Waals surface area contributed by atoms with Crippen molar-refractivity contribution < 1.29 is 4.79 Å². The zero-order chi connectivity index (χ0) is 25.5. The molecule has 1 N–H and O–H groups in total.